The molecule has 76 valence electrons. The van der Waals surface area contributed by atoms with E-state index in [1.807, 2.05) is 13.8 Å². The maximum atomic E-state index is 11.4. The van der Waals surface area contributed by atoms with Gasteiger partial charge in [0.2, 0.25) is 0 Å². The van der Waals surface area contributed by atoms with Gasteiger partial charge in [-0.05, 0) is 26.0 Å². The zero-order chi connectivity index (χ0) is 10.6. The van der Waals surface area contributed by atoms with Gasteiger partial charge in [-0.3, -0.25) is 9.63 Å². The molecule has 0 saturated carbocycles. The molecule has 0 radical (unpaired) electrons. The highest BCUT2D eigenvalue weighted by molar-refractivity contribution is 6.32. The zero-order valence-electron chi connectivity index (χ0n) is 7.95. The monoisotopic (exact) mass is 214 g/mol. The molecule has 0 spiro atoms. The Bertz CT molecular complexity index is 328. The van der Waals surface area contributed by atoms with Crippen LogP contribution in [0.3, 0.4) is 0 Å². The van der Waals surface area contributed by atoms with Crippen LogP contribution in [0.5, 0.6) is 0 Å². The molecule has 0 unspecified atom stereocenters. The molecule has 5 heteroatoms. The number of nitrogens with one attached hydrogen (secondary N) is 1. The number of hydrogen-bond donors (Lipinski definition) is 1. The summed E-state index contributed by atoms with van der Waals surface area (Å²) >= 11 is 5.71. The van der Waals surface area contributed by atoms with E-state index in [9.17, 15) is 4.79 Å². The summed E-state index contributed by atoms with van der Waals surface area (Å²) in [6.45, 7) is 3.62. The predicted octanol–water partition coefficient (Wildman–Crippen LogP) is 1.80. The second kappa shape index (κ2) is 4.93. The van der Waals surface area contributed by atoms with Crippen LogP contribution >= 0.6 is 11.6 Å². The number of hydroxylamine groups is 1. The first-order valence-electron chi connectivity index (χ1n) is 4.17. The standard InChI is InChI=1S/C9H11ClN2O2/c1-6(2)14-12-9(13)7-4-3-5-11-8(7)10/h3-6H,1-2H3,(H,12,13). The SMILES string of the molecule is CC(C)ONC(=O)c1cccnc1Cl. The average molecular weight is 215 g/mol. The zero-order valence-corrected chi connectivity index (χ0v) is 8.71. The van der Waals surface area contributed by atoms with Gasteiger partial charge < -0.3 is 0 Å². The molecule has 0 atom stereocenters. The van der Waals surface area contributed by atoms with Crippen molar-refractivity contribution in [2.75, 3.05) is 0 Å². The van der Waals surface area contributed by atoms with Gasteiger partial charge in [0.25, 0.3) is 5.91 Å². The van der Waals surface area contributed by atoms with Crippen LogP contribution in [-0.4, -0.2) is 17.0 Å². The van der Waals surface area contributed by atoms with Crippen LogP contribution in [0.4, 0.5) is 0 Å². The number of nitrogens with zero attached hydrogens (tertiary/aromatic N) is 1. The van der Waals surface area contributed by atoms with Gasteiger partial charge >= 0.3 is 0 Å². The Balaban J connectivity index is 2.65. The van der Waals surface area contributed by atoms with Crippen LogP contribution in [0.25, 0.3) is 0 Å². The van der Waals surface area contributed by atoms with E-state index in [4.69, 9.17) is 16.4 Å². The van der Waals surface area contributed by atoms with Crippen molar-refractivity contribution in [3.63, 3.8) is 0 Å². The molecule has 0 fully saturated rings. The largest absolute Gasteiger partial charge is 0.277 e. The van der Waals surface area contributed by atoms with Gasteiger partial charge in [0, 0.05) is 6.20 Å². The van der Waals surface area contributed by atoms with Gasteiger partial charge in [0.1, 0.15) is 5.15 Å². The third-order valence-electron chi connectivity index (χ3n) is 1.39. The van der Waals surface area contributed by atoms with Gasteiger partial charge in [-0.15, -0.1) is 0 Å². The average Bonchev–Trinajstić information content (AvgIpc) is 2.15. The molecule has 1 amide bonds. The second-order valence-corrected chi connectivity index (χ2v) is 3.30. The van der Waals surface area contributed by atoms with Crippen LogP contribution in [-0.2, 0) is 4.84 Å². The molecule has 1 rings (SSSR count). The van der Waals surface area contributed by atoms with Crippen molar-refractivity contribution in [1.29, 1.82) is 0 Å². The number of rotatable bonds is 3. The number of aromatic nitrogens is 1. The Morgan fingerprint density at radius 1 is 1.64 bits per heavy atom. The van der Waals surface area contributed by atoms with Crippen molar-refractivity contribution in [2.45, 2.75) is 20.0 Å². The lowest BCUT2D eigenvalue weighted by molar-refractivity contribution is 0.000174. The van der Waals surface area contributed by atoms with Gasteiger partial charge in [-0.25, -0.2) is 10.5 Å². The van der Waals surface area contributed by atoms with Crippen molar-refractivity contribution < 1.29 is 9.63 Å². The van der Waals surface area contributed by atoms with E-state index in [-0.39, 0.29) is 11.3 Å². The van der Waals surface area contributed by atoms with E-state index in [2.05, 4.69) is 10.5 Å². The fourth-order valence-electron chi connectivity index (χ4n) is 0.782. The van der Waals surface area contributed by atoms with E-state index in [1.165, 1.54) is 6.20 Å². The normalized spacial score (nSPS) is 10.3. The van der Waals surface area contributed by atoms with E-state index < -0.39 is 5.91 Å². The van der Waals surface area contributed by atoms with E-state index >= 15 is 0 Å². The Morgan fingerprint density at radius 3 is 2.93 bits per heavy atom. The lowest BCUT2D eigenvalue weighted by Crippen LogP contribution is -2.27. The molecule has 1 aromatic heterocycles. The van der Waals surface area contributed by atoms with Crippen molar-refractivity contribution in [2.24, 2.45) is 0 Å². The number of carbonyl (C=O) groups is 1. The Kier molecular flexibility index (Phi) is 3.85. The molecule has 0 saturated heterocycles. The highest BCUT2D eigenvalue weighted by Crippen LogP contribution is 2.10. The summed E-state index contributed by atoms with van der Waals surface area (Å²) in [5, 5.41) is 0.164. The molecule has 0 aromatic carbocycles. The minimum Gasteiger partial charge on any atom is -0.271 e. The van der Waals surface area contributed by atoms with Gasteiger partial charge in [-0.2, -0.15) is 0 Å². The summed E-state index contributed by atoms with van der Waals surface area (Å²) in [5.74, 6) is -0.392. The minimum absolute atomic E-state index is 0.0746. The Labute approximate surface area is 87.2 Å². The van der Waals surface area contributed by atoms with Gasteiger partial charge in [-0.1, -0.05) is 11.6 Å². The smallest absolute Gasteiger partial charge is 0.271 e. The summed E-state index contributed by atoms with van der Waals surface area (Å²) in [4.78, 5) is 20.1. The van der Waals surface area contributed by atoms with Gasteiger partial charge in [0.05, 0.1) is 11.7 Å². The quantitative estimate of drug-likeness (QED) is 0.617. The van der Waals surface area contributed by atoms with Crippen LogP contribution in [0.15, 0.2) is 18.3 Å². The predicted molar refractivity (Wildman–Crippen MR) is 52.9 cm³/mol. The summed E-state index contributed by atoms with van der Waals surface area (Å²) in [6.07, 6.45) is 1.44. The summed E-state index contributed by atoms with van der Waals surface area (Å²) in [5.41, 5.74) is 2.58. The highest BCUT2D eigenvalue weighted by Gasteiger charge is 2.10. The lowest BCUT2D eigenvalue weighted by atomic mass is 10.3. The van der Waals surface area contributed by atoms with E-state index in [0.717, 1.165) is 0 Å². The van der Waals surface area contributed by atoms with Crippen molar-refractivity contribution in [3.8, 4) is 0 Å². The summed E-state index contributed by atoms with van der Waals surface area (Å²) in [6, 6.07) is 3.21. The molecule has 0 aliphatic heterocycles. The fraction of sp³-hybridized carbons (Fsp3) is 0.333. The molecular weight excluding hydrogens is 204 g/mol. The maximum absolute atomic E-state index is 11.4. The molecule has 1 heterocycles. The fourth-order valence-corrected chi connectivity index (χ4v) is 0.987. The van der Waals surface area contributed by atoms with E-state index in [0.29, 0.717) is 5.56 Å². The maximum Gasteiger partial charge on any atom is 0.277 e. The van der Waals surface area contributed by atoms with Crippen LogP contribution in [0.2, 0.25) is 5.15 Å². The first-order chi connectivity index (χ1) is 6.61. The van der Waals surface area contributed by atoms with Crippen molar-refractivity contribution >= 4 is 17.5 Å². The molecule has 0 bridgehead atoms. The second-order valence-electron chi connectivity index (χ2n) is 2.94. The number of pyridine rings is 1. The number of halogens is 1. The van der Waals surface area contributed by atoms with E-state index in [1.54, 1.807) is 12.1 Å². The topological polar surface area (TPSA) is 51.2 Å². The summed E-state index contributed by atoms with van der Waals surface area (Å²) < 4.78 is 0. The molecule has 4 nitrogen and oxygen atoms in total. The minimum atomic E-state index is -0.392. The van der Waals surface area contributed by atoms with Crippen LogP contribution in [0.1, 0.15) is 24.2 Å². The first-order valence-corrected chi connectivity index (χ1v) is 4.55. The molecular formula is C9H11ClN2O2. The molecule has 0 aliphatic carbocycles. The third-order valence-corrected chi connectivity index (χ3v) is 1.69. The van der Waals surface area contributed by atoms with Crippen LogP contribution in [0, 0.1) is 0 Å². The third kappa shape index (κ3) is 2.97. The molecule has 1 N–H and O–H groups in total. The van der Waals surface area contributed by atoms with Crippen molar-refractivity contribution in [3.05, 3.63) is 29.0 Å². The van der Waals surface area contributed by atoms with Gasteiger partial charge in [0.15, 0.2) is 0 Å². The molecule has 1 aromatic rings. The van der Waals surface area contributed by atoms with Crippen LogP contribution < -0.4 is 5.48 Å². The number of amides is 1. The first kappa shape index (κ1) is 10.9. The highest BCUT2D eigenvalue weighted by atomic mass is 35.5. The Hall–Kier alpha value is -1.13. The number of carbonyl (C=O) groups excluding carboxylic acids is 1. The molecule has 14 heavy (non-hydrogen) atoms. The lowest BCUT2D eigenvalue weighted by Gasteiger charge is -2.08. The number of hydrogen-bond acceptors (Lipinski definition) is 3. The van der Waals surface area contributed by atoms with Crippen molar-refractivity contribution in [1.82, 2.24) is 10.5 Å². The molecule has 0 aliphatic rings. The Morgan fingerprint density at radius 2 is 2.36 bits per heavy atom. The summed E-state index contributed by atoms with van der Waals surface area (Å²) in [7, 11) is 0.